The highest BCUT2D eigenvalue weighted by Gasteiger charge is 2.07. The summed E-state index contributed by atoms with van der Waals surface area (Å²) in [4.78, 5) is 0. The normalized spacial score (nSPS) is 14.4. The van der Waals surface area contributed by atoms with E-state index in [-0.39, 0.29) is 5.54 Å². The predicted octanol–water partition coefficient (Wildman–Crippen LogP) is -0.0286. The van der Waals surface area contributed by atoms with Gasteiger partial charge in [-0.05, 0) is 20.8 Å². The molecule has 0 aromatic heterocycles. The molecule has 1 unspecified atom stereocenters. The van der Waals surface area contributed by atoms with Crippen LogP contribution in [0.25, 0.3) is 0 Å². The Bertz CT molecular complexity index is 135. The minimum absolute atomic E-state index is 0.160. The van der Waals surface area contributed by atoms with Gasteiger partial charge in [0.05, 0.1) is 12.7 Å². The number of aliphatic hydroxyl groups is 1. The van der Waals surface area contributed by atoms with Crippen LogP contribution < -0.4 is 10.6 Å². The molecular weight excluding hydrogens is 180 g/mol. The Kier molecular flexibility index (Phi) is 7.09. The van der Waals surface area contributed by atoms with Crippen LogP contribution in [0.4, 0.5) is 0 Å². The van der Waals surface area contributed by atoms with Crippen molar-refractivity contribution in [1.29, 1.82) is 0 Å². The molecule has 0 aromatic rings. The van der Waals surface area contributed by atoms with Crippen molar-refractivity contribution in [2.24, 2.45) is 0 Å². The number of rotatable bonds is 7. The largest absolute Gasteiger partial charge is 0.389 e. The second kappa shape index (κ2) is 7.17. The summed E-state index contributed by atoms with van der Waals surface area (Å²) in [6.45, 7) is 9.13. The topological polar surface area (TPSA) is 53.5 Å². The molecule has 0 heterocycles. The molecule has 86 valence electrons. The molecule has 0 rings (SSSR count). The van der Waals surface area contributed by atoms with Crippen LogP contribution in [0.2, 0.25) is 0 Å². The lowest BCUT2D eigenvalue weighted by atomic mass is 10.1. The lowest BCUT2D eigenvalue weighted by Gasteiger charge is -2.20. The van der Waals surface area contributed by atoms with Crippen molar-refractivity contribution >= 4 is 0 Å². The fourth-order valence-electron chi connectivity index (χ4n) is 1.05. The van der Waals surface area contributed by atoms with E-state index in [4.69, 9.17) is 4.74 Å². The first kappa shape index (κ1) is 13.8. The summed E-state index contributed by atoms with van der Waals surface area (Å²) in [6, 6.07) is 0. The molecule has 0 aliphatic carbocycles. The summed E-state index contributed by atoms with van der Waals surface area (Å²) in [5, 5.41) is 15.8. The van der Waals surface area contributed by atoms with Gasteiger partial charge < -0.3 is 20.5 Å². The Morgan fingerprint density at radius 3 is 2.43 bits per heavy atom. The van der Waals surface area contributed by atoms with Gasteiger partial charge in [-0.1, -0.05) is 0 Å². The van der Waals surface area contributed by atoms with Crippen molar-refractivity contribution in [2.45, 2.75) is 32.4 Å². The van der Waals surface area contributed by atoms with Gasteiger partial charge in [0.1, 0.15) is 0 Å². The second-order valence-corrected chi connectivity index (χ2v) is 4.49. The molecule has 0 radical (unpaired) electrons. The number of hydrogen-bond donors (Lipinski definition) is 3. The standard InChI is InChI=1S/C10H24N2O2/c1-10(2,3)12-6-5-11-7-9(13)8-14-4/h9,11-13H,5-8H2,1-4H3. The van der Waals surface area contributed by atoms with E-state index in [9.17, 15) is 5.11 Å². The lowest BCUT2D eigenvalue weighted by Crippen LogP contribution is -2.41. The Balaban J connectivity index is 3.21. The average Bonchev–Trinajstić information content (AvgIpc) is 2.02. The van der Waals surface area contributed by atoms with Crippen LogP contribution in [0.1, 0.15) is 20.8 Å². The summed E-state index contributed by atoms with van der Waals surface area (Å²) >= 11 is 0. The zero-order valence-electron chi connectivity index (χ0n) is 9.76. The van der Waals surface area contributed by atoms with Gasteiger partial charge in [0.2, 0.25) is 0 Å². The van der Waals surface area contributed by atoms with Gasteiger partial charge in [-0.3, -0.25) is 0 Å². The van der Waals surface area contributed by atoms with Crippen LogP contribution >= 0.6 is 0 Å². The molecule has 4 nitrogen and oxygen atoms in total. The van der Waals surface area contributed by atoms with Crippen molar-refractivity contribution in [2.75, 3.05) is 33.4 Å². The third-order valence-electron chi connectivity index (χ3n) is 1.70. The Hall–Kier alpha value is -0.160. The maximum atomic E-state index is 9.30. The number of ether oxygens (including phenoxy) is 1. The van der Waals surface area contributed by atoms with E-state index >= 15 is 0 Å². The maximum Gasteiger partial charge on any atom is 0.0897 e. The first-order valence-electron chi connectivity index (χ1n) is 5.08. The first-order valence-corrected chi connectivity index (χ1v) is 5.08. The molecule has 1 atom stereocenters. The van der Waals surface area contributed by atoms with Gasteiger partial charge in [-0.2, -0.15) is 0 Å². The average molecular weight is 204 g/mol. The number of hydrogen-bond acceptors (Lipinski definition) is 4. The fraction of sp³-hybridized carbons (Fsp3) is 1.00. The molecule has 0 saturated carbocycles. The molecular formula is C10H24N2O2. The van der Waals surface area contributed by atoms with Gasteiger partial charge in [-0.25, -0.2) is 0 Å². The van der Waals surface area contributed by atoms with Gasteiger partial charge in [0.15, 0.2) is 0 Å². The van der Waals surface area contributed by atoms with Gasteiger partial charge in [0, 0.05) is 32.3 Å². The minimum atomic E-state index is -0.408. The molecule has 0 aromatic carbocycles. The zero-order chi connectivity index (χ0) is 11.0. The Morgan fingerprint density at radius 1 is 1.29 bits per heavy atom. The van der Waals surface area contributed by atoms with E-state index < -0.39 is 6.10 Å². The van der Waals surface area contributed by atoms with Crippen molar-refractivity contribution in [3.8, 4) is 0 Å². The quantitative estimate of drug-likeness (QED) is 0.510. The van der Waals surface area contributed by atoms with Crippen LogP contribution in [0.15, 0.2) is 0 Å². The van der Waals surface area contributed by atoms with Crippen molar-refractivity contribution < 1.29 is 9.84 Å². The van der Waals surface area contributed by atoms with E-state index in [1.54, 1.807) is 7.11 Å². The number of methoxy groups -OCH3 is 1. The molecule has 14 heavy (non-hydrogen) atoms. The number of aliphatic hydroxyl groups excluding tert-OH is 1. The highest BCUT2D eigenvalue weighted by molar-refractivity contribution is 4.70. The van der Waals surface area contributed by atoms with Crippen LogP contribution in [-0.2, 0) is 4.74 Å². The SMILES string of the molecule is COCC(O)CNCCNC(C)(C)C. The summed E-state index contributed by atoms with van der Waals surface area (Å²) in [5.74, 6) is 0. The number of nitrogens with one attached hydrogen (secondary N) is 2. The van der Waals surface area contributed by atoms with Gasteiger partial charge in [0.25, 0.3) is 0 Å². The van der Waals surface area contributed by atoms with E-state index in [0.717, 1.165) is 13.1 Å². The smallest absolute Gasteiger partial charge is 0.0897 e. The summed E-state index contributed by atoms with van der Waals surface area (Å²) in [7, 11) is 1.59. The van der Waals surface area contributed by atoms with Crippen molar-refractivity contribution in [3.63, 3.8) is 0 Å². The highest BCUT2D eigenvalue weighted by atomic mass is 16.5. The molecule has 0 aliphatic rings. The monoisotopic (exact) mass is 204 g/mol. The molecule has 0 aliphatic heterocycles. The molecule has 0 bridgehead atoms. The summed E-state index contributed by atoms with van der Waals surface area (Å²) < 4.78 is 4.81. The van der Waals surface area contributed by atoms with Crippen molar-refractivity contribution in [3.05, 3.63) is 0 Å². The predicted molar refractivity (Wildman–Crippen MR) is 58.5 cm³/mol. The second-order valence-electron chi connectivity index (χ2n) is 4.49. The van der Waals surface area contributed by atoms with Crippen molar-refractivity contribution in [1.82, 2.24) is 10.6 Å². The maximum absolute atomic E-state index is 9.30. The first-order chi connectivity index (χ1) is 6.45. The Morgan fingerprint density at radius 2 is 1.93 bits per heavy atom. The van der Waals surface area contributed by atoms with E-state index in [1.807, 2.05) is 0 Å². The molecule has 4 heteroatoms. The molecule has 0 saturated heterocycles. The van der Waals surface area contributed by atoms with Crippen LogP contribution in [0.3, 0.4) is 0 Å². The third kappa shape index (κ3) is 9.92. The Labute approximate surface area is 87.0 Å². The molecule has 0 spiro atoms. The third-order valence-corrected chi connectivity index (χ3v) is 1.70. The van der Waals surface area contributed by atoms with E-state index in [2.05, 4.69) is 31.4 Å². The van der Waals surface area contributed by atoms with Crippen LogP contribution in [-0.4, -0.2) is 50.1 Å². The van der Waals surface area contributed by atoms with Gasteiger partial charge in [-0.15, -0.1) is 0 Å². The summed E-state index contributed by atoms with van der Waals surface area (Å²) in [6.07, 6.45) is -0.408. The van der Waals surface area contributed by atoms with E-state index in [0.29, 0.717) is 13.2 Å². The summed E-state index contributed by atoms with van der Waals surface area (Å²) in [5.41, 5.74) is 0.160. The van der Waals surface area contributed by atoms with Crippen LogP contribution in [0.5, 0.6) is 0 Å². The molecule has 3 N–H and O–H groups in total. The minimum Gasteiger partial charge on any atom is -0.389 e. The lowest BCUT2D eigenvalue weighted by molar-refractivity contribution is 0.0647. The zero-order valence-corrected chi connectivity index (χ0v) is 9.76. The van der Waals surface area contributed by atoms with Gasteiger partial charge >= 0.3 is 0 Å². The highest BCUT2D eigenvalue weighted by Crippen LogP contribution is 1.96. The van der Waals surface area contributed by atoms with E-state index in [1.165, 1.54) is 0 Å². The van der Waals surface area contributed by atoms with Crippen LogP contribution in [0, 0.1) is 0 Å². The fourth-order valence-corrected chi connectivity index (χ4v) is 1.05. The molecule has 0 fully saturated rings. The molecule has 0 amide bonds.